The molecule has 3 rings (SSSR count). The highest BCUT2D eigenvalue weighted by Crippen LogP contribution is 2.54. The number of nitrogens with zero attached hydrogens (tertiary/aromatic N) is 1. The van der Waals surface area contributed by atoms with Gasteiger partial charge in [-0.25, -0.2) is 0 Å². The average Bonchev–Trinajstić information content (AvgIpc) is 3.01. The molecule has 2 unspecified atom stereocenters. The molecule has 1 N–H and O–H groups in total. The van der Waals surface area contributed by atoms with Crippen LogP contribution in [0.25, 0.3) is 10.9 Å². The van der Waals surface area contributed by atoms with Crippen LogP contribution in [0.15, 0.2) is 36.5 Å². The third-order valence-corrected chi connectivity index (χ3v) is 3.66. The van der Waals surface area contributed by atoms with Crippen molar-refractivity contribution in [2.75, 3.05) is 0 Å². The molecule has 0 saturated heterocycles. The molecule has 1 aliphatic rings. The minimum absolute atomic E-state index is 0.403. The zero-order chi connectivity index (χ0) is 11.2. The lowest BCUT2D eigenvalue weighted by atomic mass is 10.0. The Morgan fingerprint density at radius 2 is 2.19 bits per heavy atom. The van der Waals surface area contributed by atoms with Gasteiger partial charge >= 0.3 is 0 Å². The Labute approximate surface area is 94.9 Å². The second-order valence-corrected chi connectivity index (χ2v) is 4.61. The summed E-state index contributed by atoms with van der Waals surface area (Å²) >= 11 is 0. The van der Waals surface area contributed by atoms with E-state index in [0.29, 0.717) is 5.92 Å². The predicted molar refractivity (Wildman–Crippen MR) is 64.0 cm³/mol. The Kier molecular flexibility index (Phi) is 2.01. The number of hydrogen-bond acceptors (Lipinski definition) is 2. The Morgan fingerprint density at radius 1 is 1.38 bits per heavy atom. The van der Waals surface area contributed by atoms with Crippen molar-refractivity contribution >= 4 is 10.9 Å². The van der Waals surface area contributed by atoms with E-state index < -0.39 is 5.60 Å². The van der Waals surface area contributed by atoms with E-state index in [1.807, 2.05) is 30.3 Å². The Morgan fingerprint density at radius 3 is 2.94 bits per heavy atom. The molecule has 2 atom stereocenters. The van der Waals surface area contributed by atoms with E-state index >= 15 is 0 Å². The molecule has 1 aromatic carbocycles. The number of para-hydroxylation sites is 1. The molecule has 1 saturated carbocycles. The molecule has 1 aromatic heterocycles. The number of fused-ring (bicyclic) bond motifs is 1. The first kappa shape index (κ1) is 9.79. The zero-order valence-electron chi connectivity index (χ0n) is 9.35. The van der Waals surface area contributed by atoms with E-state index in [4.69, 9.17) is 0 Å². The van der Waals surface area contributed by atoms with E-state index in [-0.39, 0.29) is 0 Å². The van der Waals surface area contributed by atoms with Gasteiger partial charge in [-0.1, -0.05) is 37.6 Å². The van der Waals surface area contributed by atoms with Crippen molar-refractivity contribution in [3.05, 3.63) is 42.1 Å². The lowest BCUT2D eigenvalue weighted by molar-refractivity contribution is 0.132. The molecule has 0 amide bonds. The van der Waals surface area contributed by atoms with E-state index in [2.05, 4.69) is 11.9 Å². The lowest BCUT2D eigenvalue weighted by Gasteiger charge is -2.12. The summed E-state index contributed by atoms with van der Waals surface area (Å²) in [6.07, 6.45) is 3.69. The lowest BCUT2D eigenvalue weighted by Crippen LogP contribution is -2.09. The standard InChI is InChI=1S/C14H15NO/c1-2-11-9-14(11,16)12-7-3-5-10-6-4-8-15-13(10)12/h3-8,11,16H,2,9H2,1H3. The number of benzene rings is 1. The van der Waals surface area contributed by atoms with Crippen molar-refractivity contribution in [3.8, 4) is 0 Å². The largest absolute Gasteiger partial charge is 0.385 e. The second-order valence-electron chi connectivity index (χ2n) is 4.61. The van der Waals surface area contributed by atoms with Crippen molar-refractivity contribution < 1.29 is 5.11 Å². The van der Waals surface area contributed by atoms with Gasteiger partial charge < -0.3 is 5.11 Å². The maximum absolute atomic E-state index is 10.5. The van der Waals surface area contributed by atoms with E-state index in [1.54, 1.807) is 6.20 Å². The SMILES string of the molecule is CCC1CC1(O)c1cccc2cccnc12. The third-order valence-electron chi connectivity index (χ3n) is 3.66. The molecule has 0 bridgehead atoms. The number of hydrogen-bond donors (Lipinski definition) is 1. The molecular weight excluding hydrogens is 198 g/mol. The Hall–Kier alpha value is -1.41. The van der Waals surface area contributed by atoms with Crippen molar-refractivity contribution in [1.82, 2.24) is 4.98 Å². The molecule has 82 valence electrons. The van der Waals surface area contributed by atoms with Crippen LogP contribution in [-0.4, -0.2) is 10.1 Å². The van der Waals surface area contributed by atoms with Crippen LogP contribution < -0.4 is 0 Å². The molecule has 1 heterocycles. The normalized spacial score (nSPS) is 28.2. The van der Waals surface area contributed by atoms with Gasteiger partial charge in [0, 0.05) is 17.1 Å². The number of rotatable bonds is 2. The fourth-order valence-corrected chi connectivity index (χ4v) is 2.58. The van der Waals surface area contributed by atoms with Crippen molar-refractivity contribution in [3.63, 3.8) is 0 Å². The van der Waals surface area contributed by atoms with Gasteiger partial charge in [-0.15, -0.1) is 0 Å². The fourth-order valence-electron chi connectivity index (χ4n) is 2.58. The van der Waals surface area contributed by atoms with E-state index in [9.17, 15) is 5.11 Å². The summed E-state index contributed by atoms with van der Waals surface area (Å²) in [7, 11) is 0. The van der Waals surface area contributed by atoms with Crippen LogP contribution in [0.1, 0.15) is 25.3 Å². The molecule has 1 aliphatic carbocycles. The van der Waals surface area contributed by atoms with Gasteiger partial charge in [-0.2, -0.15) is 0 Å². The minimum atomic E-state index is -0.622. The number of aliphatic hydroxyl groups is 1. The third kappa shape index (κ3) is 1.26. The molecule has 2 heteroatoms. The first-order chi connectivity index (χ1) is 7.75. The van der Waals surface area contributed by atoms with Gasteiger partial charge in [0.1, 0.15) is 0 Å². The highest BCUT2D eigenvalue weighted by atomic mass is 16.3. The van der Waals surface area contributed by atoms with Gasteiger partial charge in [0.15, 0.2) is 0 Å². The first-order valence-corrected chi connectivity index (χ1v) is 5.82. The summed E-state index contributed by atoms with van der Waals surface area (Å²) in [4.78, 5) is 4.40. The Bertz CT molecular complexity index is 532. The van der Waals surface area contributed by atoms with Gasteiger partial charge in [0.25, 0.3) is 0 Å². The summed E-state index contributed by atoms with van der Waals surface area (Å²) in [6, 6.07) is 10.0. The average molecular weight is 213 g/mol. The highest BCUT2D eigenvalue weighted by molar-refractivity contribution is 5.82. The molecule has 2 aromatic rings. The van der Waals surface area contributed by atoms with Gasteiger partial charge in [-0.05, 0) is 18.4 Å². The topological polar surface area (TPSA) is 33.1 Å². The van der Waals surface area contributed by atoms with Crippen LogP contribution in [0.4, 0.5) is 0 Å². The molecule has 16 heavy (non-hydrogen) atoms. The smallest absolute Gasteiger partial charge is 0.0950 e. The number of pyridine rings is 1. The minimum Gasteiger partial charge on any atom is -0.385 e. The van der Waals surface area contributed by atoms with Crippen LogP contribution in [0.2, 0.25) is 0 Å². The molecular formula is C14H15NO. The fraction of sp³-hybridized carbons (Fsp3) is 0.357. The maximum atomic E-state index is 10.5. The molecule has 2 nitrogen and oxygen atoms in total. The second kappa shape index (κ2) is 3.29. The van der Waals surface area contributed by atoms with Crippen molar-refractivity contribution in [2.45, 2.75) is 25.4 Å². The van der Waals surface area contributed by atoms with Crippen LogP contribution in [0.5, 0.6) is 0 Å². The van der Waals surface area contributed by atoms with Crippen LogP contribution in [0, 0.1) is 5.92 Å². The number of aromatic nitrogens is 1. The summed E-state index contributed by atoms with van der Waals surface area (Å²) in [5.41, 5.74) is 1.32. The quantitative estimate of drug-likeness (QED) is 0.832. The van der Waals surface area contributed by atoms with Crippen molar-refractivity contribution in [2.24, 2.45) is 5.92 Å². The molecule has 1 fully saturated rings. The van der Waals surface area contributed by atoms with Gasteiger partial charge in [-0.3, -0.25) is 4.98 Å². The highest BCUT2D eigenvalue weighted by Gasteiger charge is 2.53. The summed E-state index contributed by atoms with van der Waals surface area (Å²) in [6.45, 7) is 2.13. The van der Waals surface area contributed by atoms with Crippen LogP contribution in [0.3, 0.4) is 0 Å². The predicted octanol–water partition coefficient (Wildman–Crippen LogP) is 2.85. The van der Waals surface area contributed by atoms with Gasteiger partial charge in [0.2, 0.25) is 0 Å². The molecule has 0 radical (unpaired) electrons. The monoisotopic (exact) mass is 213 g/mol. The molecule has 0 spiro atoms. The first-order valence-electron chi connectivity index (χ1n) is 5.82. The summed E-state index contributed by atoms with van der Waals surface area (Å²) in [5.74, 6) is 0.403. The Balaban J connectivity index is 2.18. The van der Waals surface area contributed by atoms with Gasteiger partial charge in [0.05, 0.1) is 11.1 Å². The van der Waals surface area contributed by atoms with Crippen LogP contribution >= 0.6 is 0 Å². The molecule has 0 aliphatic heterocycles. The maximum Gasteiger partial charge on any atom is 0.0950 e. The summed E-state index contributed by atoms with van der Waals surface area (Å²) < 4.78 is 0. The van der Waals surface area contributed by atoms with Crippen molar-refractivity contribution in [1.29, 1.82) is 0 Å². The summed E-state index contributed by atoms with van der Waals surface area (Å²) in [5, 5.41) is 11.6. The van der Waals surface area contributed by atoms with Crippen LogP contribution in [-0.2, 0) is 5.60 Å². The van der Waals surface area contributed by atoms with E-state index in [0.717, 1.165) is 29.3 Å². The van der Waals surface area contributed by atoms with E-state index in [1.165, 1.54) is 0 Å². The zero-order valence-corrected chi connectivity index (χ0v) is 9.35.